The molecular formula is C24H40O2. The third kappa shape index (κ3) is 10.6. The first-order valence-electron chi connectivity index (χ1n) is 11.0. The second-order valence-electron chi connectivity index (χ2n) is 7.80. The van der Waals surface area contributed by atoms with Crippen molar-refractivity contribution in [2.24, 2.45) is 0 Å². The number of aromatic carboxylic acids is 1. The highest BCUT2D eigenvalue weighted by atomic mass is 16.4. The zero-order chi connectivity index (χ0) is 19.0. The lowest BCUT2D eigenvalue weighted by Crippen LogP contribution is -2.00. The van der Waals surface area contributed by atoms with Gasteiger partial charge in [0.25, 0.3) is 0 Å². The average molecular weight is 361 g/mol. The average Bonchev–Trinajstić information content (AvgIpc) is 2.61. The molecule has 1 rings (SSSR count). The molecule has 0 aliphatic heterocycles. The standard InChI is InChI=1S/C24H40O2/c1-3-4-5-6-7-8-9-10-11-12-13-14-15-16-17-22-18-19-23(24(25)26)21(2)20-22/h18-20H,3-17H2,1-2H3,(H,25,26). The monoisotopic (exact) mass is 360 g/mol. The summed E-state index contributed by atoms with van der Waals surface area (Å²) >= 11 is 0. The van der Waals surface area contributed by atoms with Gasteiger partial charge < -0.3 is 5.11 Å². The Labute approximate surface area is 161 Å². The molecular weight excluding hydrogens is 320 g/mol. The van der Waals surface area contributed by atoms with Crippen molar-refractivity contribution in [1.82, 2.24) is 0 Å². The van der Waals surface area contributed by atoms with E-state index >= 15 is 0 Å². The fraction of sp³-hybridized carbons (Fsp3) is 0.708. The first kappa shape index (κ1) is 22.7. The summed E-state index contributed by atoms with van der Waals surface area (Å²) in [4.78, 5) is 11.0. The number of aryl methyl sites for hydroxylation is 2. The molecule has 2 nitrogen and oxygen atoms in total. The molecule has 148 valence electrons. The van der Waals surface area contributed by atoms with Crippen LogP contribution in [0.5, 0.6) is 0 Å². The summed E-state index contributed by atoms with van der Waals surface area (Å²) < 4.78 is 0. The maximum atomic E-state index is 11.0. The summed E-state index contributed by atoms with van der Waals surface area (Å²) in [6.45, 7) is 4.16. The van der Waals surface area contributed by atoms with Crippen molar-refractivity contribution in [2.45, 2.75) is 110 Å². The van der Waals surface area contributed by atoms with E-state index < -0.39 is 5.97 Å². The second kappa shape index (κ2) is 14.8. The molecule has 0 bridgehead atoms. The number of hydrogen-bond acceptors (Lipinski definition) is 1. The Morgan fingerprint density at radius 3 is 1.65 bits per heavy atom. The summed E-state index contributed by atoms with van der Waals surface area (Å²) in [5.41, 5.74) is 2.57. The second-order valence-corrected chi connectivity index (χ2v) is 7.80. The van der Waals surface area contributed by atoms with Gasteiger partial charge in [-0.1, -0.05) is 103 Å². The van der Waals surface area contributed by atoms with Crippen LogP contribution in [-0.4, -0.2) is 11.1 Å². The highest BCUT2D eigenvalue weighted by Crippen LogP contribution is 2.16. The van der Waals surface area contributed by atoms with Gasteiger partial charge >= 0.3 is 5.97 Å². The van der Waals surface area contributed by atoms with Crippen LogP contribution in [0.25, 0.3) is 0 Å². The molecule has 1 aromatic carbocycles. The van der Waals surface area contributed by atoms with Gasteiger partial charge in [-0.05, 0) is 37.0 Å². The Hall–Kier alpha value is -1.31. The van der Waals surface area contributed by atoms with Crippen LogP contribution in [0.1, 0.15) is 118 Å². The van der Waals surface area contributed by atoms with Gasteiger partial charge in [-0.2, -0.15) is 0 Å². The van der Waals surface area contributed by atoms with Gasteiger partial charge in [0.2, 0.25) is 0 Å². The number of unbranched alkanes of at least 4 members (excludes halogenated alkanes) is 13. The molecule has 1 aromatic rings. The Kier molecular flexibility index (Phi) is 13.0. The zero-order valence-corrected chi connectivity index (χ0v) is 17.2. The van der Waals surface area contributed by atoms with Crippen LogP contribution in [0, 0.1) is 6.92 Å². The summed E-state index contributed by atoms with van der Waals surface area (Å²) in [5, 5.41) is 9.06. The van der Waals surface area contributed by atoms with E-state index in [4.69, 9.17) is 5.11 Å². The van der Waals surface area contributed by atoms with E-state index in [1.807, 2.05) is 19.1 Å². The number of carboxylic acids is 1. The molecule has 0 fully saturated rings. The van der Waals surface area contributed by atoms with Crippen molar-refractivity contribution in [3.63, 3.8) is 0 Å². The van der Waals surface area contributed by atoms with Gasteiger partial charge in [-0.15, -0.1) is 0 Å². The van der Waals surface area contributed by atoms with Crippen LogP contribution in [0.3, 0.4) is 0 Å². The lowest BCUT2D eigenvalue weighted by Gasteiger charge is -2.06. The molecule has 0 heterocycles. The highest BCUT2D eigenvalue weighted by molar-refractivity contribution is 5.89. The first-order chi connectivity index (χ1) is 12.6. The maximum Gasteiger partial charge on any atom is 0.335 e. The summed E-state index contributed by atoms with van der Waals surface area (Å²) in [7, 11) is 0. The number of hydrogen-bond donors (Lipinski definition) is 1. The minimum absolute atomic E-state index is 0.426. The molecule has 0 aliphatic carbocycles. The first-order valence-corrected chi connectivity index (χ1v) is 11.0. The van der Waals surface area contributed by atoms with Crippen molar-refractivity contribution >= 4 is 5.97 Å². The van der Waals surface area contributed by atoms with Crippen molar-refractivity contribution in [3.8, 4) is 0 Å². The molecule has 2 heteroatoms. The van der Waals surface area contributed by atoms with Gasteiger partial charge in [0.15, 0.2) is 0 Å². The van der Waals surface area contributed by atoms with E-state index in [9.17, 15) is 4.79 Å². The van der Waals surface area contributed by atoms with E-state index in [1.54, 1.807) is 6.07 Å². The van der Waals surface area contributed by atoms with Gasteiger partial charge in [-0.25, -0.2) is 4.79 Å². The number of benzene rings is 1. The molecule has 0 saturated carbocycles. The lowest BCUT2D eigenvalue weighted by molar-refractivity contribution is 0.0696. The van der Waals surface area contributed by atoms with E-state index in [1.165, 1.54) is 95.5 Å². The third-order valence-electron chi connectivity index (χ3n) is 5.34. The predicted octanol–water partition coefficient (Wildman–Crippen LogP) is 7.72. The molecule has 0 saturated heterocycles. The lowest BCUT2D eigenvalue weighted by atomic mass is 10.00. The van der Waals surface area contributed by atoms with E-state index in [0.29, 0.717) is 5.56 Å². The molecule has 1 N–H and O–H groups in total. The van der Waals surface area contributed by atoms with Crippen LogP contribution in [0.15, 0.2) is 18.2 Å². The SMILES string of the molecule is CCCCCCCCCCCCCCCCc1ccc(C(=O)O)c(C)c1. The van der Waals surface area contributed by atoms with Crippen molar-refractivity contribution in [1.29, 1.82) is 0 Å². The molecule has 0 aliphatic rings. The molecule has 0 atom stereocenters. The number of carboxylic acid groups (broad SMARTS) is 1. The number of rotatable bonds is 16. The van der Waals surface area contributed by atoms with Crippen LogP contribution < -0.4 is 0 Å². The van der Waals surface area contributed by atoms with Gasteiger partial charge in [0.1, 0.15) is 0 Å². The van der Waals surface area contributed by atoms with E-state index in [0.717, 1.165) is 12.0 Å². The van der Waals surface area contributed by atoms with Gasteiger partial charge in [0, 0.05) is 0 Å². The highest BCUT2D eigenvalue weighted by Gasteiger charge is 2.06. The molecule has 0 radical (unpaired) electrons. The minimum atomic E-state index is -0.828. The Morgan fingerprint density at radius 2 is 1.23 bits per heavy atom. The predicted molar refractivity (Wildman–Crippen MR) is 112 cm³/mol. The fourth-order valence-corrected chi connectivity index (χ4v) is 3.64. The van der Waals surface area contributed by atoms with Crippen LogP contribution >= 0.6 is 0 Å². The molecule has 0 spiro atoms. The van der Waals surface area contributed by atoms with E-state index in [-0.39, 0.29) is 0 Å². The van der Waals surface area contributed by atoms with Crippen molar-refractivity contribution in [3.05, 3.63) is 34.9 Å². The zero-order valence-electron chi connectivity index (χ0n) is 17.2. The fourth-order valence-electron chi connectivity index (χ4n) is 3.64. The molecule has 26 heavy (non-hydrogen) atoms. The summed E-state index contributed by atoms with van der Waals surface area (Å²) in [6, 6.07) is 5.75. The quantitative estimate of drug-likeness (QED) is 0.306. The van der Waals surface area contributed by atoms with Gasteiger partial charge in [0.05, 0.1) is 5.56 Å². The van der Waals surface area contributed by atoms with Crippen molar-refractivity contribution in [2.75, 3.05) is 0 Å². The maximum absolute atomic E-state index is 11.0. The Morgan fingerprint density at radius 1 is 0.769 bits per heavy atom. The Bertz CT molecular complexity index is 493. The van der Waals surface area contributed by atoms with Gasteiger partial charge in [-0.3, -0.25) is 0 Å². The normalized spacial score (nSPS) is 11.0. The molecule has 0 unspecified atom stereocenters. The smallest absolute Gasteiger partial charge is 0.335 e. The summed E-state index contributed by atoms with van der Waals surface area (Å²) in [5.74, 6) is -0.828. The molecule has 0 amide bonds. The summed E-state index contributed by atoms with van der Waals surface area (Å²) in [6.07, 6.45) is 20.4. The van der Waals surface area contributed by atoms with Crippen LogP contribution in [0.4, 0.5) is 0 Å². The van der Waals surface area contributed by atoms with Crippen LogP contribution in [-0.2, 0) is 6.42 Å². The third-order valence-corrected chi connectivity index (χ3v) is 5.34. The Balaban J connectivity index is 1.92. The van der Waals surface area contributed by atoms with Crippen LogP contribution in [0.2, 0.25) is 0 Å². The number of carbonyl (C=O) groups is 1. The largest absolute Gasteiger partial charge is 0.478 e. The minimum Gasteiger partial charge on any atom is -0.478 e. The van der Waals surface area contributed by atoms with Crippen molar-refractivity contribution < 1.29 is 9.90 Å². The van der Waals surface area contributed by atoms with E-state index in [2.05, 4.69) is 6.92 Å². The molecule has 0 aromatic heterocycles. The topological polar surface area (TPSA) is 37.3 Å².